The smallest absolute Gasteiger partial charge is 0.251 e. The molecule has 3 N–H and O–H groups in total. The molecular formula is C30H33ClN6O. The summed E-state index contributed by atoms with van der Waals surface area (Å²) < 4.78 is 0. The van der Waals surface area contributed by atoms with E-state index >= 15 is 0 Å². The summed E-state index contributed by atoms with van der Waals surface area (Å²) in [6.07, 6.45) is 5.53. The zero-order valence-corrected chi connectivity index (χ0v) is 23.2. The number of allylic oxidation sites excluding steroid dienone is 1. The number of hydrogen-bond acceptors (Lipinski definition) is 6. The molecule has 3 aliphatic heterocycles. The van der Waals surface area contributed by atoms with Crippen molar-refractivity contribution in [1.82, 2.24) is 16.0 Å². The Balaban J connectivity index is 1.42. The van der Waals surface area contributed by atoms with Gasteiger partial charge in [-0.05, 0) is 74.1 Å². The molecule has 0 aliphatic carbocycles. The summed E-state index contributed by atoms with van der Waals surface area (Å²) >= 11 is 6.69. The minimum Gasteiger partial charge on any atom is -0.348 e. The van der Waals surface area contributed by atoms with Crippen LogP contribution < -0.4 is 16.0 Å². The number of amides is 1. The summed E-state index contributed by atoms with van der Waals surface area (Å²) in [6.45, 7) is 10.6. The van der Waals surface area contributed by atoms with Gasteiger partial charge in [0.2, 0.25) is 5.96 Å². The monoisotopic (exact) mass is 528 g/mol. The van der Waals surface area contributed by atoms with Crippen LogP contribution >= 0.6 is 11.6 Å². The fourth-order valence-corrected chi connectivity index (χ4v) is 5.60. The molecule has 7 nitrogen and oxygen atoms in total. The van der Waals surface area contributed by atoms with Crippen LogP contribution in [0.25, 0.3) is 0 Å². The van der Waals surface area contributed by atoms with Crippen molar-refractivity contribution in [3.63, 3.8) is 0 Å². The fourth-order valence-electron chi connectivity index (χ4n) is 5.26. The Morgan fingerprint density at radius 3 is 2.71 bits per heavy atom. The predicted octanol–water partition coefficient (Wildman–Crippen LogP) is 5.18. The summed E-state index contributed by atoms with van der Waals surface area (Å²) in [6, 6.07) is 9.60. The molecule has 2 aromatic rings. The molecule has 0 bridgehead atoms. The van der Waals surface area contributed by atoms with Crippen molar-refractivity contribution in [1.29, 1.82) is 0 Å². The highest BCUT2D eigenvalue weighted by Gasteiger charge is 2.31. The number of carbonyl (C=O) groups is 1. The molecule has 38 heavy (non-hydrogen) atoms. The number of aliphatic imine (C=N–C) groups is 3. The van der Waals surface area contributed by atoms with Crippen LogP contribution in [0.4, 0.5) is 5.69 Å². The van der Waals surface area contributed by atoms with Crippen molar-refractivity contribution in [3.8, 4) is 0 Å². The molecule has 196 valence electrons. The molecule has 3 heterocycles. The number of nitrogens with one attached hydrogen (secondary N) is 3. The molecule has 2 aromatic carbocycles. The number of aryl methyl sites for hydroxylation is 2. The third-order valence-electron chi connectivity index (χ3n) is 7.18. The molecule has 3 aliphatic rings. The van der Waals surface area contributed by atoms with Crippen LogP contribution in [0, 0.1) is 13.8 Å². The van der Waals surface area contributed by atoms with Crippen LogP contribution in [-0.2, 0) is 17.6 Å². The van der Waals surface area contributed by atoms with Gasteiger partial charge in [-0.3, -0.25) is 9.79 Å². The number of rotatable bonds is 5. The summed E-state index contributed by atoms with van der Waals surface area (Å²) in [5.41, 5.74) is 8.94. The summed E-state index contributed by atoms with van der Waals surface area (Å²) in [7, 11) is 0. The fraction of sp³-hybridized carbons (Fsp3) is 0.333. The van der Waals surface area contributed by atoms with Crippen molar-refractivity contribution in [2.24, 2.45) is 15.0 Å². The lowest BCUT2D eigenvalue weighted by Gasteiger charge is -2.27. The van der Waals surface area contributed by atoms with Gasteiger partial charge in [0.05, 0.1) is 17.3 Å². The number of hydrogen-bond donors (Lipinski definition) is 3. The van der Waals surface area contributed by atoms with Gasteiger partial charge in [0, 0.05) is 35.5 Å². The quantitative estimate of drug-likeness (QED) is 0.499. The second-order valence-corrected chi connectivity index (χ2v) is 10.5. The molecule has 1 amide bonds. The zero-order chi connectivity index (χ0) is 27.0. The number of halogens is 1. The molecule has 5 rings (SSSR count). The van der Waals surface area contributed by atoms with E-state index in [1.54, 1.807) is 0 Å². The Kier molecular flexibility index (Phi) is 7.21. The third kappa shape index (κ3) is 5.16. The van der Waals surface area contributed by atoms with Gasteiger partial charge in [-0.1, -0.05) is 42.8 Å². The maximum absolute atomic E-state index is 13.5. The normalized spacial score (nSPS) is 20.0. The van der Waals surface area contributed by atoms with Crippen molar-refractivity contribution in [2.45, 2.75) is 59.5 Å². The minimum atomic E-state index is -0.574. The largest absolute Gasteiger partial charge is 0.348 e. The molecule has 0 radical (unpaired) electrons. The van der Waals surface area contributed by atoms with Gasteiger partial charge in [0.1, 0.15) is 11.9 Å². The SMILES string of the molecule is CCc1c(C)ccc2c1CC(NC1=NC(c3ccc(C)cc3Cl)C(C(=O)NCC3=CC(C)N=C3)=C(C)N1)=N2. The van der Waals surface area contributed by atoms with Crippen molar-refractivity contribution < 1.29 is 4.79 Å². The molecule has 2 atom stereocenters. The Morgan fingerprint density at radius 2 is 2.00 bits per heavy atom. The van der Waals surface area contributed by atoms with Gasteiger partial charge in [-0.15, -0.1) is 0 Å². The lowest BCUT2D eigenvalue weighted by molar-refractivity contribution is -0.117. The van der Waals surface area contributed by atoms with E-state index in [0.29, 0.717) is 35.2 Å². The Morgan fingerprint density at radius 1 is 1.18 bits per heavy atom. The lowest BCUT2D eigenvalue weighted by atomic mass is 9.94. The van der Waals surface area contributed by atoms with E-state index in [-0.39, 0.29) is 11.9 Å². The lowest BCUT2D eigenvalue weighted by Crippen LogP contribution is -2.45. The highest BCUT2D eigenvalue weighted by Crippen LogP contribution is 2.36. The molecule has 0 saturated heterocycles. The first kappa shape index (κ1) is 25.9. The summed E-state index contributed by atoms with van der Waals surface area (Å²) in [5, 5.41) is 10.3. The van der Waals surface area contributed by atoms with Crippen LogP contribution in [0.3, 0.4) is 0 Å². The molecule has 0 aromatic heterocycles. The van der Waals surface area contributed by atoms with E-state index in [1.807, 2.05) is 51.3 Å². The number of benzene rings is 2. The average molecular weight is 529 g/mol. The van der Waals surface area contributed by atoms with Gasteiger partial charge in [0.15, 0.2) is 0 Å². The van der Waals surface area contributed by atoms with E-state index < -0.39 is 6.04 Å². The first-order valence-electron chi connectivity index (χ1n) is 13.0. The minimum absolute atomic E-state index is 0.138. The first-order chi connectivity index (χ1) is 18.2. The predicted molar refractivity (Wildman–Crippen MR) is 156 cm³/mol. The van der Waals surface area contributed by atoms with Gasteiger partial charge in [-0.25, -0.2) is 9.98 Å². The zero-order valence-electron chi connectivity index (χ0n) is 22.4. The van der Waals surface area contributed by atoms with Crippen LogP contribution in [0.2, 0.25) is 5.02 Å². The van der Waals surface area contributed by atoms with E-state index in [4.69, 9.17) is 21.6 Å². The van der Waals surface area contributed by atoms with Crippen LogP contribution in [-0.4, -0.2) is 36.5 Å². The summed E-state index contributed by atoms with van der Waals surface area (Å²) in [4.78, 5) is 27.6. The van der Waals surface area contributed by atoms with Gasteiger partial charge in [-0.2, -0.15) is 0 Å². The second-order valence-electron chi connectivity index (χ2n) is 10.1. The van der Waals surface area contributed by atoms with Crippen molar-refractivity contribution >= 4 is 41.2 Å². The maximum atomic E-state index is 13.5. The van der Waals surface area contributed by atoms with Crippen LogP contribution in [0.1, 0.15) is 54.6 Å². The molecule has 0 fully saturated rings. The first-order valence-corrected chi connectivity index (χ1v) is 13.4. The standard InChI is InChI=1S/C30H33ClN6O/c1-6-21-17(3)8-10-25-23(21)13-26(35-25)36-30-34-19(5)27(29(38)33-15-20-12-18(4)32-14-20)28(37-30)22-9-7-16(2)11-24(22)31/h7-12,14,18,28H,6,13,15H2,1-5H3,(H,33,38)(H2,34,35,36,37). The van der Waals surface area contributed by atoms with E-state index in [9.17, 15) is 4.79 Å². The number of guanidine groups is 1. The molecule has 2 unspecified atom stereocenters. The molecule has 0 spiro atoms. The van der Waals surface area contributed by atoms with Gasteiger partial charge >= 0.3 is 0 Å². The molecule has 8 heteroatoms. The number of carbonyl (C=O) groups excluding carboxylic acids is 1. The second kappa shape index (κ2) is 10.6. The Bertz CT molecular complexity index is 1470. The van der Waals surface area contributed by atoms with Crippen molar-refractivity contribution in [2.75, 3.05) is 6.54 Å². The Hall–Kier alpha value is -3.71. The van der Waals surface area contributed by atoms with E-state index in [2.05, 4.69) is 46.9 Å². The van der Waals surface area contributed by atoms with Gasteiger partial charge < -0.3 is 16.0 Å². The van der Waals surface area contributed by atoms with Crippen LogP contribution in [0.15, 0.2) is 68.2 Å². The third-order valence-corrected chi connectivity index (χ3v) is 7.50. The summed E-state index contributed by atoms with van der Waals surface area (Å²) in [5.74, 6) is 1.17. The average Bonchev–Trinajstić information content (AvgIpc) is 3.47. The maximum Gasteiger partial charge on any atom is 0.251 e. The van der Waals surface area contributed by atoms with Crippen LogP contribution in [0.5, 0.6) is 0 Å². The molecular weight excluding hydrogens is 496 g/mol. The Labute approximate surface area is 228 Å². The topological polar surface area (TPSA) is 90.2 Å². The van der Waals surface area contributed by atoms with Gasteiger partial charge in [0.25, 0.3) is 5.91 Å². The van der Waals surface area contributed by atoms with E-state index in [1.165, 1.54) is 16.7 Å². The number of amidine groups is 1. The van der Waals surface area contributed by atoms with E-state index in [0.717, 1.165) is 34.6 Å². The highest BCUT2D eigenvalue weighted by molar-refractivity contribution is 6.31. The molecule has 0 saturated carbocycles. The van der Waals surface area contributed by atoms with Crippen molar-refractivity contribution in [3.05, 3.63) is 86.1 Å². The number of fused-ring (bicyclic) bond motifs is 1. The number of nitrogens with zero attached hydrogens (tertiary/aromatic N) is 3. The highest BCUT2D eigenvalue weighted by atomic mass is 35.5.